The maximum atomic E-state index is 12.7. The third-order valence-corrected chi connectivity index (χ3v) is 9.95. The van der Waals surface area contributed by atoms with Gasteiger partial charge in [-0.05, 0) is 12.8 Å². The predicted octanol–water partition coefficient (Wildman–Crippen LogP) is 10.3. The smallest absolute Gasteiger partial charge is 0.391 e. The molecule has 8 nitrogen and oxygen atoms in total. The van der Waals surface area contributed by atoms with Gasteiger partial charge in [0.1, 0.15) is 0 Å². The number of nitrogens with one attached hydrogen (secondary N) is 1. The van der Waals surface area contributed by atoms with E-state index in [0.717, 1.165) is 38.5 Å². The van der Waals surface area contributed by atoms with Crippen LogP contribution in [0.3, 0.4) is 0 Å². The minimum atomic E-state index is -4.30. The number of amides is 1. The third kappa shape index (κ3) is 32.1. The lowest BCUT2D eigenvalue weighted by molar-refractivity contribution is -0.123. The average molecular weight is 677 g/mol. The number of carbonyl (C=O) groups excluding carboxylic acids is 1. The summed E-state index contributed by atoms with van der Waals surface area (Å²) in [6.45, 7) is 4.21. The normalized spacial score (nSPS) is 14.3. The average Bonchev–Trinajstić information content (AvgIpc) is 3.04. The SMILES string of the molecule is CCCCCCCCCCCCCCCCCC(=O)NC(COP(=O)(O)OCCN)C(O)CCCCCCCCCCCCCC. The first kappa shape index (κ1) is 45.5. The number of hydrogen-bond acceptors (Lipinski definition) is 6. The highest BCUT2D eigenvalue weighted by atomic mass is 31.2. The van der Waals surface area contributed by atoms with E-state index in [2.05, 4.69) is 19.2 Å². The molecule has 9 heteroatoms. The van der Waals surface area contributed by atoms with Gasteiger partial charge >= 0.3 is 7.82 Å². The fraction of sp³-hybridized carbons (Fsp3) is 0.973. The Balaban J connectivity index is 4.19. The topological polar surface area (TPSA) is 131 Å². The quantitative estimate of drug-likeness (QED) is 0.0380. The van der Waals surface area contributed by atoms with E-state index in [1.807, 2.05) is 0 Å². The van der Waals surface area contributed by atoms with Gasteiger partial charge in [-0.25, -0.2) is 4.57 Å². The zero-order chi connectivity index (χ0) is 34.0. The number of aliphatic hydroxyl groups excluding tert-OH is 1. The van der Waals surface area contributed by atoms with Gasteiger partial charge in [0.15, 0.2) is 0 Å². The van der Waals surface area contributed by atoms with Gasteiger partial charge in [-0.2, -0.15) is 0 Å². The van der Waals surface area contributed by atoms with Crippen LogP contribution in [0.4, 0.5) is 0 Å². The summed E-state index contributed by atoms with van der Waals surface area (Å²) in [5.74, 6) is -0.160. The number of carbonyl (C=O) groups is 1. The molecule has 0 rings (SSSR count). The van der Waals surface area contributed by atoms with Crippen LogP contribution in [0, 0.1) is 0 Å². The van der Waals surface area contributed by atoms with Crippen LogP contribution in [-0.4, -0.2) is 47.8 Å². The molecule has 46 heavy (non-hydrogen) atoms. The molecule has 3 atom stereocenters. The molecule has 276 valence electrons. The van der Waals surface area contributed by atoms with E-state index in [1.54, 1.807) is 0 Å². The maximum Gasteiger partial charge on any atom is 0.472 e. The van der Waals surface area contributed by atoms with Crippen molar-refractivity contribution in [3.05, 3.63) is 0 Å². The highest BCUT2D eigenvalue weighted by molar-refractivity contribution is 7.47. The summed E-state index contributed by atoms with van der Waals surface area (Å²) in [5, 5.41) is 13.7. The number of unbranched alkanes of at least 4 members (excludes halogenated alkanes) is 25. The molecule has 0 aromatic heterocycles. The maximum absolute atomic E-state index is 12.7. The molecule has 5 N–H and O–H groups in total. The molecule has 0 bridgehead atoms. The fourth-order valence-corrected chi connectivity index (χ4v) is 6.72. The molecule has 1 amide bonds. The molecule has 3 unspecified atom stereocenters. The monoisotopic (exact) mass is 677 g/mol. The largest absolute Gasteiger partial charge is 0.472 e. The minimum absolute atomic E-state index is 0.0922. The van der Waals surface area contributed by atoms with Crippen LogP contribution >= 0.6 is 7.82 Å². The van der Waals surface area contributed by atoms with Crippen molar-refractivity contribution in [2.24, 2.45) is 5.73 Å². The lowest BCUT2D eigenvalue weighted by atomic mass is 10.0. The summed E-state index contributed by atoms with van der Waals surface area (Å²) in [6.07, 6.45) is 33.9. The van der Waals surface area contributed by atoms with Crippen LogP contribution in [0.2, 0.25) is 0 Å². The molecular formula is C37H77N2O6P. The highest BCUT2D eigenvalue weighted by Crippen LogP contribution is 2.43. The Morgan fingerprint density at radius 3 is 1.39 bits per heavy atom. The van der Waals surface area contributed by atoms with Crippen LogP contribution < -0.4 is 11.1 Å². The molecule has 0 radical (unpaired) electrons. The summed E-state index contributed by atoms with van der Waals surface area (Å²) in [4.78, 5) is 22.6. The van der Waals surface area contributed by atoms with Gasteiger partial charge in [0.25, 0.3) is 0 Å². The zero-order valence-corrected chi connectivity index (χ0v) is 31.2. The number of phosphoric acid groups is 1. The van der Waals surface area contributed by atoms with Gasteiger partial charge < -0.3 is 21.1 Å². The van der Waals surface area contributed by atoms with Crippen LogP contribution in [0.15, 0.2) is 0 Å². The van der Waals surface area contributed by atoms with E-state index in [-0.39, 0.29) is 25.7 Å². The summed E-state index contributed by atoms with van der Waals surface area (Å²) < 4.78 is 22.1. The summed E-state index contributed by atoms with van der Waals surface area (Å²) in [6, 6.07) is -0.765. The van der Waals surface area contributed by atoms with Gasteiger partial charge in [-0.1, -0.05) is 181 Å². The summed E-state index contributed by atoms with van der Waals surface area (Å²) in [5.41, 5.74) is 5.36. The first-order chi connectivity index (χ1) is 22.4. The highest BCUT2D eigenvalue weighted by Gasteiger charge is 2.27. The molecule has 0 heterocycles. The van der Waals surface area contributed by atoms with Crippen LogP contribution in [0.5, 0.6) is 0 Å². The molecule has 0 aromatic rings. The van der Waals surface area contributed by atoms with Crippen molar-refractivity contribution in [1.82, 2.24) is 5.32 Å². The van der Waals surface area contributed by atoms with Crippen molar-refractivity contribution in [2.75, 3.05) is 19.8 Å². The van der Waals surface area contributed by atoms with E-state index in [9.17, 15) is 19.4 Å². The Kier molecular flexibility index (Phi) is 34.0. The van der Waals surface area contributed by atoms with Crippen LogP contribution in [-0.2, 0) is 18.4 Å². The Labute approximate surface area is 284 Å². The van der Waals surface area contributed by atoms with Gasteiger partial charge in [0.2, 0.25) is 5.91 Å². The van der Waals surface area contributed by atoms with E-state index in [1.165, 1.54) is 135 Å². The van der Waals surface area contributed by atoms with E-state index in [0.29, 0.717) is 12.8 Å². The van der Waals surface area contributed by atoms with Crippen molar-refractivity contribution < 1.29 is 28.4 Å². The zero-order valence-electron chi connectivity index (χ0n) is 30.3. The molecule has 0 fully saturated rings. The van der Waals surface area contributed by atoms with Crippen molar-refractivity contribution in [3.63, 3.8) is 0 Å². The Morgan fingerprint density at radius 1 is 0.630 bits per heavy atom. The molecule has 0 aliphatic heterocycles. The number of rotatable bonds is 37. The van der Waals surface area contributed by atoms with Crippen molar-refractivity contribution >= 4 is 13.7 Å². The van der Waals surface area contributed by atoms with E-state index < -0.39 is 20.0 Å². The van der Waals surface area contributed by atoms with E-state index >= 15 is 0 Å². The Bertz CT molecular complexity index is 699. The first-order valence-corrected chi connectivity index (χ1v) is 21.1. The van der Waals surface area contributed by atoms with Gasteiger partial charge in [0, 0.05) is 13.0 Å². The molecule has 0 saturated heterocycles. The summed E-state index contributed by atoms with van der Waals surface area (Å²) >= 11 is 0. The van der Waals surface area contributed by atoms with Gasteiger partial charge in [0.05, 0.1) is 25.4 Å². The Hall–Kier alpha value is -0.500. The number of nitrogens with two attached hydrogens (primary N) is 1. The summed E-state index contributed by atoms with van der Waals surface area (Å²) in [7, 11) is -4.30. The van der Waals surface area contributed by atoms with Crippen molar-refractivity contribution in [2.45, 2.75) is 212 Å². The lowest BCUT2D eigenvalue weighted by Crippen LogP contribution is -2.46. The molecular weight excluding hydrogens is 599 g/mol. The van der Waals surface area contributed by atoms with E-state index in [4.69, 9.17) is 14.8 Å². The molecule has 0 spiro atoms. The molecule has 0 saturated carbocycles. The fourth-order valence-electron chi connectivity index (χ4n) is 5.96. The van der Waals surface area contributed by atoms with Gasteiger partial charge in [-0.15, -0.1) is 0 Å². The second-order valence-electron chi connectivity index (χ2n) is 13.5. The molecule has 0 aliphatic carbocycles. The van der Waals surface area contributed by atoms with Gasteiger partial charge in [-0.3, -0.25) is 13.8 Å². The minimum Gasteiger partial charge on any atom is -0.391 e. The third-order valence-electron chi connectivity index (χ3n) is 8.96. The van der Waals surface area contributed by atoms with Crippen molar-refractivity contribution in [3.8, 4) is 0 Å². The number of hydrogen-bond donors (Lipinski definition) is 4. The number of phosphoric ester groups is 1. The standard InChI is InChI=1S/C37H77N2O6P/c1-3-5-7-9-11-13-15-17-18-19-21-23-25-27-29-31-37(41)39-35(34-45-46(42,43)44-33-32-38)36(40)30-28-26-24-22-20-16-14-12-10-8-6-4-2/h35-36,40H,3-34,38H2,1-2H3,(H,39,41)(H,42,43). The lowest BCUT2D eigenvalue weighted by Gasteiger charge is -2.25. The van der Waals surface area contributed by atoms with Crippen LogP contribution in [0.1, 0.15) is 200 Å². The second-order valence-corrected chi connectivity index (χ2v) is 15.0. The van der Waals surface area contributed by atoms with Crippen LogP contribution in [0.25, 0.3) is 0 Å². The first-order valence-electron chi connectivity index (χ1n) is 19.7. The Morgan fingerprint density at radius 2 is 1.00 bits per heavy atom. The number of aliphatic hydroxyl groups is 1. The molecule has 0 aliphatic rings. The van der Waals surface area contributed by atoms with Crippen molar-refractivity contribution in [1.29, 1.82) is 0 Å². The molecule has 0 aromatic carbocycles. The second kappa shape index (κ2) is 34.4. The predicted molar refractivity (Wildman–Crippen MR) is 194 cm³/mol.